The molecule has 0 aliphatic rings. The Hall–Kier alpha value is 0.479. The van der Waals surface area contributed by atoms with Gasteiger partial charge in [0.15, 0.2) is 0 Å². The summed E-state index contributed by atoms with van der Waals surface area (Å²) in [7, 11) is 0. The number of rotatable bonds is 8. The second-order valence-corrected chi connectivity index (χ2v) is 3.20. The molecule has 12 heavy (non-hydrogen) atoms. The Balaban J connectivity index is 0. The Morgan fingerprint density at radius 3 is 1.58 bits per heavy atom. The second kappa shape index (κ2) is 14.0. The van der Waals surface area contributed by atoms with Crippen LogP contribution < -0.4 is 0 Å². The van der Waals surface area contributed by atoms with Crippen molar-refractivity contribution in [1.82, 2.24) is 0 Å². The van der Waals surface area contributed by atoms with Crippen molar-refractivity contribution in [2.75, 3.05) is 6.61 Å². The van der Waals surface area contributed by atoms with E-state index in [1.54, 1.807) is 0 Å². The summed E-state index contributed by atoms with van der Waals surface area (Å²) in [6.07, 6.45) is 10.4. The SMILES string of the molecule is CCCCCCCCCCO.[Fe]. The topological polar surface area (TPSA) is 20.2 Å². The van der Waals surface area contributed by atoms with E-state index < -0.39 is 0 Å². The van der Waals surface area contributed by atoms with Gasteiger partial charge < -0.3 is 5.11 Å². The fraction of sp³-hybridized carbons (Fsp3) is 1.00. The van der Waals surface area contributed by atoms with Crippen LogP contribution in [-0.4, -0.2) is 11.7 Å². The van der Waals surface area contributed by atoms with Gasteiger partial charge >= 0.3 is 0 Å². The van der Waals surface area contributed by atoms with Crippen molar-refractivity contribution in [1.29, 1.82) is 0 Å². The van der Waals surface area contributed by atoms with Crippen LogP contribution in [0.4, 0.5) is 0 Å². The average Bonchev–Trinajstić information content (AvgIpc) is 2.03. The van der Waals surface area contributed by atoms with Crippen LogP contribution in [0.3, 0.4) is 0 Å². The summed E-state index contributed by atoms with van der Waals surface area (Å²) in [5, 5.41) is 8.51. The maximum atomic E-state index is 8.51. The van der Waals surface area contributed by atoms with E-state index in [1.165, 1.54) is 44.9 Å². The number of aliphatic hydroxyl groups is 1. The molecule has 0 amide bonds. The van der Waals surface area contributed by atoms with Gasteiger partial charge in [-0.1, -0.05) is 51.9 Å². The van der Waals surface area contributed by atoms with E-state index in [-0.39, 0.29) is 17.1 Å². The minimum atomic E-state index is 0. The zero-order valence-corrected chi connectivity index (χ0v) is 9.27. The van der Waals surface area contributed by atoms with Gasteiger partial charge in [0.05, 0.1) is 0 Å². The van der Waals surface area contributed by atoms with E-state index in [2.05, 4.69) is 6.92 Å². The van der Waals surface area contributed by atoms with Crippen molar-refractivity contribution >= 4 is 0 Å². The van der Waals surface area contributed by atoms with Crippen molar-refractivity contribution in [2.24, 2.45) is 0 Å². The van der Waals surface area contributed by atoms with Crippen LogP contribution in [0.2, 0.25) is 0 Å². The fourth-order valence-corrected chi connectivity index (χ4v) is 1.25. The van der Waals surface area contributed by atoms with E-state index in [1.807, 2.05) is 0 Å². The number of aliphatic hydroxyl groups excluding tert-OH is 1. The second-order valence-electron chi connectivity index (χ2n) is 3.20. The standard InChI is InChI=1S/C10H22O.Fe/c1-2-3-4-5-6-7-8-9-10-11;/h11H,2-10H2,1H3;. The fourth-order valence-electron chi connectivity index (χ4n) is 1.25. The van der Waals surface area contributed by atoms with Crippen molar-refractivity contribution in [2.45, 2.75) is 58.3 Å². The Morgan fingerprint density at radius 1 is 0.750 bits per heavy atom. The van der Waals surface area contributed by atoms with Crippen molar-refractivity contribution in [3.05, 3.63) is 0 Å². The quantitative estimate of drug-likeness (QED) is 0.486. The van der Waals surface area contributed by atoms with Gasteiger partial charge in [0.25, 0.3) is 0 Å². The van der Waals surface area contributed by atoms with Crippen LogP contribution >= 0.6 is 0 Å². The predicted molar refractivity (Wildman–Crippen MR) is 49.7 cm³/mol. The van der Waals surface area contributed by atoms with Gasteiger partial charge in [-0.25, -0.2) is 0 Å². The monoisotopic (exact) mass is 214 g/mol. The van der Waals surface area contributed by atoms with E-state index in [4.69, 9.17) is 5.11 Å². The predicted octanol–water partition coefficient (Wildman–Crippen LogP) is 3.12. The third kappa shape index (κ3) is 13.1. The number of hydrogen-bond donors (Lipinski definition) is 1. The normalized spacial score (nSPS) is 9.50. The van der Waals surface area contributed by atoms with Gasteiger partial charge in [-0.2, -0.15) is 0 Å². The van der Waals surface area contributed by atoms with Crippen LogP contribution in [0.15, 0.2) is 0 Å². The third-order valence-corrected chi connectivity index (χ3v) is 2.01. The summed E-state index contributed by atoms with van der Waals surface area (Å²) in [6.45, 7) is 2.61. The van der Waals surface area contributed by atoms with Gasteiger partial charge in [0.1, 0.15) is 0 Å². The van der Waals surface area contributed by atoms with E-state index >= 15 is 0 Å². The summed E-state index contributed by atoms with van der Waals surface area (Å²) < 4.78 is 0. The van der Waals surface area contributed by atoms with Gasteiger partial charge in [-0.3, -0.25) is 0 Å². The molecule has 2 heteroatoms. The minimum Gasteiger partial charge on any atom is -0.396 e. The molecule has 0 aliphatic heterocycles. The summed E-state index contributed by atoms with van der Waals surface area (Å²) in [5.41, 5.74) is 0. The molecule has 0 fully saturated rings. The molecule has 0 heterocycles. The maximum absolute atomic E-state index is 8.51. The van der Waals surface area contributed by atoms with E-state index in [0.717, 1.165) is 6.42 Å². The van der Waals surface area contributed by atoms with Gasteiger partial charge in [0.2, 0.25) is 0 Å². The Kier molecular flexibility index (Phi) is 17.5. The summed E-state index contributed by atoms with van der Waals surface area (Å²) in [5.74, 6) is 0. The van der Waals surface area contributed by atoms with Gasteiger partial charge in [0, 0.05) is 23.7 Å². The smallest absolute Gasteiger partial charge is 0.0431 e. The molecular formula is C10H22FeO. The molecule has 1 nitrogen and oxygen atoms in total. The number of unbranched alkanes of at least 4 members (excludes halogenated alkanes) is 7. The van der Waals surface area contributed by atoms with Crippen LogP contribution in [0.5, 0.6) is 0 Å². The Bertz CT molecular complexity index is 58.9. The summed E-state index contributed by atoms with van der Waals surface area (Å²) in [6, 6.07) is 0. The minimum absolute atomic E-state index is 0. The molecule has 0 bridgehead atoms. The first-order chi connectivity index (χ1) is 5.41. The first-order valence-corrected chi connectivity index (χ1v) is 5.02. The molecule has 0 aromatic carbocycles. The summed E-state index contributed by atoms with van der Waals surface area (Å²) in [4.78, 5) is 0. The van der Waals surface area contributed by atoms with Crippen LogP contribution in [0.25, 0.3) is 0 Å². The molecule has 0 spiro atoms. The molecule has 0 saturated carbocycles. The van der Waals surface area contributed by atoms with Crippen LogP contribution in [0.1, 0.15) is 58.3 Å². The number of hydrogen-bond acceptors (Lipinski definition) is 1. The molecule has 0 saturated heterocycles. The molecule has 0 aromatic rings. The Morgan fingerprint density at radius 2 is 1.17 bits per heavy atom. The molecule has 76 valence electrons. The van der Waals surface area contributed by atoms with Crippen molar-refractivity contribution < 1.29 is 22.2 Å². The van der Waals surface area contributed by atoms with Gasteiger partial charge in [-0.15, -0.1) is 0 Å². The molecule has 0 aromatic heterocycles. The van der Waals surface area contributed by atoms with E-state index in [0.29, 0.717) is 6.61 Å². The van der Waals surface area contributed by atoms with E-state index in [9.17, 15) is 0 Å². The molecule has 0 unspecified atom stereocenters. The molecule has 0 aliphatic carbocycles. The maximum Gasteiger partial charge on any atom is 0.0431 e. The van der Waals surface area contributed by atoms with Crippen molar-refractivity contribution in [3.8, 4) is 0 Å². The third-order valence-electron chi connectivity index (χ3n) is 2.01. The molecular weight excluding hydrogens is 192 g/mol. The first kappa shape index (κ1) is 15.0. The van der Waals surface area contributed by atoms with Crippen LogP contribution in [-0.2, 0) is 17.1 Å². The first-order valence-electron chi connectivity index (χ1n) is 5.02. The molecule has 0 radical (unpaired) electrons. The zero-order chi connectivity index (χ0) is 8.36. The largest absolute Gasteiger partial charge is 0.396 e. The molecule has 1 N–H and O–H groups in total. The molecule has 0 atom stereocenters. The Labute approximate surface area is 87.4 Å². The summed E-state index contributed by atoms with van der Waals surface area (Å²) >= 11 is 0. The zero-order valence-electron chi connectivity index (χ0n) is 8.16. The average molecular weight is 214 g/mol. The van der Waals surface area contributed by atoms with Crippen molar-refractivity contribution in [3.63, 3.8) is 0 Å². The molecule has 0 rings (SSSR count). The van der Waals surface area contributed by atoms with Gasteiger partial charge in [-0.05, 0) is 6.42 Å². The van der Waals surface area contributed by atoms with Crippen LogP contribution in [0, 0.1) is 0 Å².